The Morgan fingerprint density at radius 3 is 2.76 bits per heavy atom. The largest absolute Gasteiger partial charge is 0.454 e. The first-order chi connectivity index (χ1) is 14.0. The Morgan fingerprint density at radius 1 is 1.21 bits per heavy atom. The van der Waals surface area contributed by atoms with Crippen molar-refractivity contribution < 1.29 is 18.7 Å². The Bertz CT molecular complexity index is 1100. The number of ether oxygens (including phenoxy) is 2. The van der Waals surface area contributed by atoms with Crippen molar-refractivity contribution in [1.29, 1.82) is 0 Å². The van der Waals surface area contributed by atoms with Crippen LogP contribution < -0.4 is 14.8 Å². The predicted molar refractivity (Wildman–Crippen MR) is 109 cm³/mol. The summed E-state index contributed by atoms with van der Waals surface area (Å²) in [7, 11) is 0. The van der Waals surface area contributed by atoms with E-state index < -0.39 is 5.91 Å². The first-order valence-electron chi connectivity index (χ1n) is 8.32. The lowest BCUT2D eigenvalue weighted by atomic mass is 10.2. The summed E-state index contributed by atoms with van der Waals surface area (Å²) in [4.78, 5) is 12.3. The molecule has 1 aromatic heterocycles. The number of rotatable bonds is 5. The molecule has 2 aromatic carbocycles. The third-order valence-electron chi connectivity index (χ3n) is 3.93. The lowest BCUT2D eigenvalue weighted by Crippen LogP contribution is -2.22. The van der Waals surface area contributed by atoms with Crippen molar-refractivity contribution in [2.45, 2.75) is 6.54 Å². The van der Waals surface area contributed by atoms with E-state index in [0.717, 1.165) is 16.9 Å². The Kier molecular flexibility index (Phi) is 5.66. The average molecular weight is 452 g/mol. The molecule has 0 atom stereocenters. The fourth-order valence-electron chi connectivity index (χ4n) is 2.55. The van der Waals surface area contributed by atoms with Crippen molar-refractivity contribution in [3.05, 3.63) is 68.4 Å². The molecule has 10 heteroatoms. The molecule has 1 amide bonds. The van der Waals surface area contributed by atoms with Gasteiger partial charge in [0.1, 0.15) is 5.82 Å². The normalized spacial score (nSPS) is 12.9. The molecule has 0 saturated carbocycles. The van der Waals surface area contributed by atoms with Gasteiger partial charge in [-0.05, 0) is 41.5 Å². The summed E-state index contributed by atoms with van der Waals surface area (Å²) in [5.41, 5.74) is 1.46. The second kappa shape index (κ2) is 8.36. The van der Waals surface area contributed by atoms with E-state index in [1.54, 1.807) is 30.3 Å². The van der Waals surface area contributed by atoms with Gasteiger partial charge < -0.3 is 14.8 Å². The van der Waals surface area contributed by atoms with Gasteiger partial charge in [0.2, 0.25) is 11.8 Å². The maximum absolute atomic E-state index is 12.9. The number of nitrogens with zero attached hydrogens (tertiary/aromatic N) is 2. The lowest BCUT2D eigenvalue weighted by Gasteiger charge is -2.02. The van der Waals surface area contributed by atoms with E-state index in [0.29, 0.717) is 32.1 Å². The van der Waals surface area contributed by atoms with Crippen LogP contribution in [0.2, 0.25) is 5.02 Å². The molecule has 1 aliphatic heterocycles. The molecule has 0 aliphatic carbocycles. The van der Waals surface area contributed by atoms with Crippen LogP contribution in [0, 0.1) is 5.82 Å². The second-order valence-electron chi connectivity index (χ2n) is 5.95. The molecular formula is C19H12Cl2FN3O3S. The highest BCUT2D eigenvalue weighted by atomic mass is 35.5. The first kappa shape index (κ1) is 19.6. The van der Waals surface area contributed by atoms with Crippen LogP contribution in [0.3, 0.4) is 0 Å². The SMILES string of the molecule is O=C(NCc1ccc(F)cc1)c1nnc(/C(Cl)=C/c2cc(Cl)c3c(c2)OCO3)s1. The zero-order chi connectivity index (χ0) is 20.4. The molecule has 0 unspecified atom stereocenters. The van der Waals surface area contributed by atoms with Gasteiger partial charge in [-0.2, -0.15) is 0 Å². The van der Waals surface area contributed by atoms with Gasteiger partial charge in [0.25, 0.3) is 5.91 Å². The number of amides is 1. The molecular weight excluding hydrogens is 440 g/mol. The van der Waals surface area contributed by atoms with Gasteiger partial charge in [-0.1, -0.05) is 46.7 Å². The lowest BCUT2D eigenvalue weighted by molar-refractivity contribution is 0.0950. The fourth-order valence-corrected chi connectivity index (χ4v) is 3.77. The first-order valence-corrected chi connectivity index (χ1v) is 9.90. The van der Waals surface area contributed by atoms with Crippen LogP contribution in [0.5, 0.6) is 11.5 Å². The van der Waals surface area contributed by atoms with E-state index in [1.165, 1.54) is 12.1 Å². The van der Waals surface area contributed by atoms with E-state index in [9.17, 15) is 9.18 Å². The summed E-state index contributed by atoms with van der Waals surface area (Å²) in [6.45, 7) is 0.357. The van der Waals surface area contributed by atoms with Crippen LogP contribution in [-0.2, 0) is 6.54 Å². The highest BCUT2D eigenvalue weighted by Crippen LogP contribution is 2.40. The average Bonchev–Trinajstić information content (AvgIpc) is 3.37. The summed E-state index contributed by atoms with van der Waals surface area (Å²) in [6, 6.07) is 9.28. The van der Waals surface area contributed by atoms with Gasteiger partial charge in [-0.15, -0.1) is 10.2 Å². The van der Waals surface area contributed by atoms with Crippen LogP contribution in [0.25, 0.3) is 11.1 Å². The molecule has 4 rings (SSSR count). The molecule has 0 saturated heterocycles. The number of aromatic nitrogens is 2. The van der Waals surface area contributed by atoms with Crippen molar-refractivity contribution >= 4 is 51.6 Å². The number of carbonyl (C=O) groups excluding carboxylic acids is 1. The number of hydrogen-bond donors (Lipinski definition) is 1. The van der Waals surface area contributed by atoms with Crippen molar-refractivity contribution in [3.8, 4) is 11.5 Å². The van der Waals surface area contributed by atoms with Crippen molar-refractivity contribution in [2.75, 3.05) is 6.79 Å². The quantitative estimate of drug-likeness (QED) is 0.606. The molecule has 148 valence electrons. The van der Waals surface area contributed by atoms with Gasteiger partial charge in [0.15, 0.2) is 16.5 Å². The topological polar surface area (TPSA) is 73.3 Å². The molecule has 29 heavy (non-hydrogen) atoms. The minimum absolute atomic E-state index is 0.114. The second-order valence-corrected chi connectivity index (χ2v) is 7.74. The Labute approximate surface area is 178 Å². The molecule has 3 aromatic rings. The summed E-state index contributed by atoms with van der Waals surface area (Å²) >= 11 is 13.6. The molecule has 2 heterocycles. The molecule has 1 N–H and O–H groups in total. The monoisotopic (exact) mass is 451 g/mol. The van der Waals surface area contributed by atoms with Gasteiger partial charge >= 0.3 is 0 Å². The Morgan fingerprint density at radius 2 is 1.97 bits per heavy atom. The number of carbonyl (C=O) groups is 1. The summed E-state index contributed by atoms with van der Waals surface area (Å²) < 4.78 is 23.5. The predicted octanol–water partition coefficient (Wildman–Crippen LogP) is 4.73. The molecule has 0 bridgehead atoms. The zero-order valence-electron chi connectivity index (χ0n) is 14.6. The van der Waals surface area contributed by atoms with Crippen LogP contribution in [0.4, 0.5) is 4.39 Å². The van der Waals surface area contributed by atoms with E-state index in [1.807, 2.05) is 0 Å². The van der Waals surface area contributed by atoms with E-state index in [4.69, 9.17) is 32.7 Å². The molecule has 0 spiro atoms. The Balaban J connectivity index is 1.45. The summed E-state index contributed by atoms with van der Waals surface area (Å²) in [6.07, 6.45) is 1.65. The van der Waals surface area contributed by atoms with E-state index in [-0.39, 0.29) is 24.2 Å². The molecule has 0 fully saturated rings. The number of fused-ring (bicyclic) bond motifs is 1. The number of hydrogen-bond acceptors (Lipinski definition) is 6. The van der Waals surface area contributed by atoms with Crippen LogP contribution >= 0.6 is 34.5 Å². The van der Waals surface area contributed by atoms with Gasteiger partial charge in [0.05, 0.1) is 10.1 Å². The number of benzene rings is 2. The van der Waals surface area contributed by atoms with E-state index in [2.05, 4.69) is 15.5 Å². The summed E-state index contributed by atoms with van der Waals surface area (Å²) in [5.74, 6) is 0.301. The highest BCUT2D eigenvalue weighted by Gasteiger charge is 2.19. The third-order valence-corrected chi connectivity index (χ3v) is 5.57. The van der Waals surface area contributed by atoms with Gasteiger partial charge in [-0.25, -0.2) is 4.39 Å². The maximum atomic E-state index is 12.9. The standard InChI is InChI=1S/C19H12Cl2FN3O3S/c20-13-5-11(7-15-16(13)28-9-27-15)6-14(21)18-24-25-19(29-18)17(26)23-8-10-1-3-12(22)4-2-10/h1-7H,8-9H2,(H,23,26)/b14-6-. The Hall–Kier alpha value is -2.68. The third kappa shape index (κ3) is 4.50. The zero-order valence-corrected chi connectivity index (χ0v) is 16.9. The molecule has 0 radical (unpaired) electrons. The van der Waals surface area contributed by atoms with Crippen LogP contribution in [0.1, 0.15) is 25.9 Å². The van der Waals surface area contributed by atoms with Crippen molar-refractivity contribution in [1.82, 2.24) is 15.5 Å². The molecule has 1 aliphatic rings. The maximum Gasteiger partial charge on any atom is 0.282 e. The smallest absolute Gasteiger partial charge is 0.282 e. The van der Waals surface area contributed by atoms with Gasteiger partial charge in [0, 0.05) is 6.54 Å². The summed E-state index contributed by atoms with van der Waals surface area (Å²) in [5, 5.41) is 11.8. The van der Waals surface area contributed by atoms with Gasteiger partial charge in [-0.3, -0.25) is 4.79 Å². The number of nitrogens with one attached hydrogen (secondary N) is 1. The highest BCUT2D eigenvalue weighted by molar-refractivity contribution is 7.15. The van der Waals surface area contributed by atoms with Crippen molar-refractivity contribution in [2.24, 2.45) is 0 Å². The fraction of sp³-hybridized carbons (Fsp3) is 0.105. The van der Waals surface area contributed by atoms with Crippen LogP contribution in [-0.4, -0.2) is 22.9 Å². The minimum atomic E-state index is -0.395. The van der Waals surface area contributed by atoms with E-state index >= 15 is 0 Å². The molecule has 6 nitrogen and oxygen atoms in total. The van der Waals surface area contributed by atoms with Crippen molar-refractivity contribution in [3.63, 3.8) is 0 Å². The minimum Gasteiger partial charge on any atom is -0.454 e. The van der Waals surface area contributed by atoms with Crippen LogP contribution in [0.15, 0.2) is 36.4 Å². The number of halogens is 3.